The molecule has 0 aliphatic heterocycles. The molecule has 0 aliphatic rings. The number of nitriles is 1. The van der Waals surface area contributed by atoms with Gasteiger partial charge in [0.25, 0.3) is 6.01 Å². The van der Waals surface area contributed by atoms with Crippen molar-refractivity contribution in [1.82, 2.24) is 4.98 Å². The number of benzene rings is 2. The lowest BCUT2D eigenvalue weighted by Crippen LogP contribution is -1.90. The van der Waals surface area contributed by atoms with Gasteiger partial charge in [0.05, 0.1) is 11.6 Å². The maximum absolute atomic E-state index is 8.84. The minimum Gasteiger partial charge on any atom is -0.423 e. The van der Waals surface area contributed by atoms with Crippen LogP contribution >= 0.6 is 0 Å². The van der Waals surface area contributed by atoms with E-state index < -0.39 is 0 Å². The molecular weight excluding hydrogens is 240 g/mol. The van der Waals surface area contributed by atoms with Crippen LogP contribution in [0.5, 0.6) is 0 Å². The molecule has 2 aromatic carbocycles. The lowest BCUT2D eigenvalue weighted by Gasteiger charge is -2.00. The standard InChI is InChI=1S/C14H10N4O/c15-8-9-2-1-3-11(6-9)17-14-18-12-5-4-10(16)7-13(12)19-14/h1-7H,16H2,(H,17,18). The van der Waals surface area contributed by atoms with Crippen LogP contribution in [0, 0.1) is 11.3 Å². The maximum atomic E-state index is 8.84. The highest BCUT2D eigenvalue weighted by molar-refractivity contribution is 5.78. The first kappa shape index (κ1) is 11.1. The van der Waals surface area contributed by atoms with Gasteiger partial charge in [-0.3, -0.25) is 0 Å². The largest absolute Gasteiger partial charge is 0.423 e. The highest BCUT2D eigenvalue weighted by Crippen LogP contribution is 2.23. The normalized spacial score (nSPS) is 10.3. The van der Waals surface area contributed by atoms with Crippen LogP contribution in [0.4, 0.5) is 17.4 Å². The first-order chi connectivity index (χ1) is 9.24. The third kappa shape index (κ3) is 2.19. The summed E-state index contributed by atoms with van der Waals surface area (Å²) in [5.41, 5.74) is 8.98. The number of hydrogen-bond donors (Lipinski definition) is 2. The van der Waals surface area contributed by atoms with Gasteiger partial charge in [0, 0.05) is 17.4 Å². The molecule has 0 saturated heterocycles. The van der Waals surface area contributed by atoms with E-state index in [4.69, 9.17) is 15.4 Å². The topological polar surface area (TPSA) is 87.9 Å². The number of nitrogens with zero attached hydrogens (tertiary/aromatic N) is 2. The van der Waals surface area contributed by atoms with Gasteiger partial charge in [0.1, 0.15) is 5.52 Å². The van der Waals surface area contributed by atoms with Crippen molar-refractivity contribution in [2.24, 2.45) is 0 Å². The zero-order valence-electron chi connectivity index (χ0n) is 9.92. The van der Waals surface area contributed by atoms with Crippen molar-refractivity contribution in [2.45, 2.75) is 0 Å². The minimum absolute atomic E-state index is 0.371. The van der Waals surface area contributed by atoms with Gasteiger partial charge in [-0.15, -0.1) is 0 Å². The first-order valence-corrected chi connectivity index (χ1v) is 5.68. The number of oxazole rings is 1. The summed E-state index contributed by atoms with van der Waals surface area (Å²) >= 11 is 0. The summed E-state index contributed by atoms with van der Waals surface area (Å²) < 4.78 is 5.54. The van der Waals surface area contributed by atoms with E-state index in [2.05, 4.69) is 16.4 Å². The third-order valence-corrected chi connectivity index (χ3v) is 2.66. The van der Waals surface area contributed by atoms with Gasteiger partial charge in [-0.05, 0) is 30.3 Å². The number of nitrogen functional groups attached to an aromatic ring is 1. The Morgan fingerprint density at radius 3 is 2.95 bits per heavy atom. The molecule has 0 saturated carbocycles. The average molecular weight is 250 g/mol. The van der Waals surface area contributed by atoms with Crippen molar-refractivity contribution < 1.29 is 4.42 Å². The summed E-state index contributed by atoms with van der Waals surface area (Å²) in [5, 5.41) is 11.9. The van der Waals surface area contributed by atoms with Crippen LogP contribution in [0.15, 0.2) is 46.9 Å². The van der Waals surface area contributed by atoms with Crippen LogP contribution in [0.1, 0.15) is 5.56 Å². The van der Waals surface area contributed by atoms with E-state index in [0.29, 0.717) is 22.8 Å². The maximum Gasteiger partial charge on any atom is 0.300 e. The van der Waals surface area contributed by atoms with E-state index in [1.54, 1.807) is 36.4 Å². The summed E-state index contributed by atoms with van der Waals surface area (Å²) in [5.74, 6) is 0. The molecule has 0 fully saturated rings. The molecule has 5 nitrogen and oxygen atoms in total. The Balaban J connectivity index is 1.94. The Bertz CT molecular complexity index is 785. The minimum atomic E-state index is 0.371. The van der Waals surface area contributed by atoms with E-state index in [-0.39, 0.29) is 0 Å². The van der Waals surface area contributed by atoms with E-state index in [1.165, 1.54) is 0 Å². The van der Waals surface area contributed by atoms with Crippen molar-refractivity contribution in [1.29, 1.82) is 5.26 Å². The fourth-order valence-electron chi connectivity index (χ4n) is 1.78. The molecule has 0 unspecified atom stereocenters. The van der Waals surface area contributed by atoms with Crippen LogP contribution in [0.3, 0.4) is 0 Å². The van der Waals surface area contributed by atoms with Gasteiger partial charge in [-0.1, -0.05) is 6.07 Å². The molecule has 3 rings (SSSR count). The predicted octanol–water partition coefficient (Wildman–Crippen LogP) is 3.03. The zero-order chi connectivity index (χ0) is 13.2. The second-order valence-corrected chi connectivity index (χ2v) is 4.06. The number of fused-ring (bicyclic) bond motifs is 1. The van der Waals surface area contributed by atoms with E-state index in [1.807, 2.05) is 6.07 Å². The Morgan fingerprint density at radius 2 is 2.11 bits per heavy atom. The SMILES string of the molecule is N#Cc1cccc(Nc2nc3ccc(N)cc3o2)c1. The lowest BCUT2D eigenvalue weighted by molar-refractivity contribution is 0.623. The number of anilines is 3. The molecule has 0 bridgehead atoms. The molecule has 5 heteroatoms. The molecule has 1 aromatic heterocycles. The highest BCUT2D eigenvalue weighted by Gasteiger charge is 2.06. The number of nitrogens with two attached hydrogens (primary N) is 1. The number of nitrogens with one attached hydrogen (secondary N) is 1. The van der Waals surface area contributed by atoms with Crippen molar-refractivity contribution in [2.75, 3.05) is 11.1 Å². The highest BCUT2D eigenvalue weighted by atomic mass is 16.4. The van der Waals surface area contributed by atoms with Gasteiger partial charge in [0.15, 0.2) is 5.58 Å². The molecule has 1 heterocycles. The Hall–Kier alpha value is -3.00. The Labute approximate surface area is 109 Å². The van der Waals surface area contributed by atoms with Crippen LogP contribution < -0.4 is 11.1 Å². The van der Waals surface area contributed by atoms with Crippen molar-refractivity contribution in [3.63, 3.8) is 0 Å². The molecule has 3 aromatic rings. The third-order valence-electron chi connectivity index (χ3n) is 2.66. The zero-order valence-corrected chi connectivity index (χ0v) is 9.92. The number of hydrogen-bond acceptors (Lipinski definition) is 5. The quantitative estimate of drug-likeness (QED) is 0.682. The average Bonchev–Trinajstić information content (AvgIpc) is 2.80. The van der Waals surface area contributed by atoms with Gasteiger partial charge in [-0.25, -0.2) is 0 Å². The molecular formula is C14H10N4O. The van der Waals surface area contributed by atoms with Crippen LogP contribution in [-0.2, 0) is 0 Å². The van der Waals surface area contributed by atoms with Crippen LogP contribution in [0.2, 0.25) is 0 Å². The smallest absolute Gasteiger partial charge is 0.300 e. The van der Waals surface area contributed by atoms with Crippen LogP contribution in [0.25, 0.3) is 11.1 Å². The second-order valence-electron chi connectivity index (χ2n) is 4.06. The summed E-state index contributed by atoms with van der Waals surface area (Å²) in [6.07, 6.45) is 0. The monoisotopic (exact) mass is 250 g/mol. The van der Waals surface area contributed by atoms with E-state index >= 15 is 0 Å². The summed E-state index contributed by atoms with van der Waals surface area (Å²) in [7, 11) is 0. The molecule has 0 radical (unpaired) electrons. The summed E-state index contributed by atoms with van der Waals surface area (Å²) in [4.78, 5) is 4.29. The molecule has 19 heavy (non-hydrogen) atoms. The van der Waals surface area contributed by atoms with E-state index in [0.717, 1.165) is 11.2 Å². The van der Waals surface area contributed by atoms with Gasteiger partial charge >= 0.3 is 0 Å². The van der Waals surface area contributed by atoms with Crippen molar-refractivity contribution in [3.05, 3.63) is 48.0 Å². The lowest BCUT2D eigenvalue weighted by atomic mass is 10.2. The second kappa shape index (κ2) is 4.35. The molecule has 0 atom stereocenters. The number of rotatable bonds is 2. The summed E-state index contributed by atoms with van der Waals surface area (Å²) in [6, 6.07) is 14.8. The van der Waals surface area contributed by atoms with Gasteiger partial charge in [-0.2, -0.15) is 10.2 Å². The first-order valence-electron chi connectivity index (χ1n) is 5.68. The predicted molar refractivity (Wildman–Crippen MR) is 72.9 cm³/mol. The van der Waals surface area contributed by atoms with Crippen LogP contribution in [-0.4, -0.2) is 4.98 Å². The fraction of sp³-hybridized carbons (Fsp3) is 0. The van der Waals surface area contributed by atoms with Crippen molar-refractivity contribution in [3.8, 4) is 6.07 Å². The fourth-order valence-corrected chi connectivity index (χ4v) is 1.78. The molecule has 92 valence electrons. The van der Waals surface area contributed by atoms with Crippen molar-refractivity contribution >= 4 is 28.5 Å². The van der Waals surface area contributed by atoms with E-state index in [9.17, 15) is 0 Å². The van der Waals surface area contributed by atoms with Gasteiger partial charge in [0.2, 0.25) is 0 Å². The number of aromatic nitrogens is 1. The Kier molecular flexibility index (Phi) is 2.54. The van der Waals surface area contributed by atoms with Gasteiger partial charge < -0.3 is 15.5 Å². The molecule has 0 aliphatic carbocycles. The Morgan fingerprint density at radius 1 is 1.21 bits per heavy atom. The molecule has 3 N–H and O–H groups in total. The molecule has 0 spiro atoms. The molecule has 0 amide bonds. The summed E-state index contributed by atoms with van der Waals surface area (Å²) in [6.45, 7) is 0.